The van der Waals surface area contributed by atoms with Gasteiger partial charge in [0, 0.05) is 5.66 Å². The van der Waals surface area contributed by atoms with Crippen LogP contribution in [0.1, 0.15) is 0 Å². The molecule has 0 aromatic heterocycles. The van der Waals surface area contributed by atoms with Crippen molar-refractivity contribution < 1.29 is 0 Å². The summed E-state index contributed by atoms with van der Waals surface area (Å²) in [6.45, 7) is 0. The Morgan fingerprint density at radius 2 is 1.83 bits per heavy atom. The molecule has 0 nitrogen and oxygen atoms in total. The van der Waals surface area contributed by atoms with E-state index in [0.717, 1.165) is 5.66 Å². The van der Waals surface area contributed by atoms with Crippen LogP contribution >= 0.6 is 7.92 Å². The summed E-state index contributed by atoms with van der Waals surface area (Å²) >= 11 is 0. The molecule has 0 saturated heterocycles. The minimum Gasteiger partial charge on any atom is -0.0758 e. The van der Waals surface area contributed by atoms with Crippen LogP contribution in [0.4, 0.5) is 0 Å². The molecule has 0 radical (unpaired) electrons. The fraction of sp³-hybridized carbons (Fsp3) is 0.200. The Kier molecular flexibility index (Phi) is 0.380. The predicted molar refractivity (Wildman–Crippen MR) is 29.0 cm³/mol. The van der Waals surface area contributed by atoms with E-state index >= 15 is 0 Å². The van der Waals surface area contributed by atoms with Crippen LogP contribution in [0.5, 0.6) is 0 Å². The molecule has 0 saturated carbocycles. The van der Waals surface area contributed by atoms with Crippen LogP contribution in [0.25, 0.3) is 0 Å². The fourth-order valence-electron chi connectivity index (χ4n) is 0.486. The van der Waals surface area contributed by atoms with Crippen molar-refractivity contribution in [3.8, 4) is 0 Å². The molecule has 1 heteroatoms. The standard InChI is InChI=1S/C5H5P/c1-2-5(1)6-3-4-6/h1-5H. The van der Waals surface area contributed by atoms with E-state index in [9.17, 15) is 0 Å². The monoisotopic (exact) mass is 96.0 g/mol. The van der Waals surface area contributed by atoms with Gasteiger partial charge in [-0.15, -0.1) is 0 Å². The van der Waals surface area contributed by atoms with E-state index in [1.54, 1.807) is 0 Å². The number of hydrogen-bond donors (Lipinski definition) is 0. The van der Waals surface area contributed by atoms with Crippen molar-refractivity contribution in [1.29, 1.82) is 0 Å². The summed E-state index contributed by atoms with van der Waals surface area (Å²) in [5.41, 5.74) is 0.917. The molecule has 0 spiro atoms. The van der Waals surface area contributed by atoms with Gasteiger partial charge in [-0.2, -0.15) is 0 Å². The van der Waals surface area contributed by atoms with E-state index in [1.807, 2.05) is 0 Å². The first-order valence-electron chi connectivity index (χ1n) is 2.11. The molecule has 0 unspecified atom stereocenters. The summed E-state index contributed by atoms with van der Waals surface area (Å²) in [5, 5.41) is 0. The Balaban J connectivity index is 1.97. The highest BCUT2D eigenvalue weighted by Crippen LogP contribution is 2.61. The molecule has 0 fully saturated rings. The van der Waals surface area contributed by atoms with Crippen LogP contribution in [0.15, 0.2) is 23.8 Å². The highest BCUT2D eigenvalue weighted by Gasteiger charge is 2.24. The minimum absolute atomic E-state index is 0.341. The van der Waals surface area contributed by atoms with Crippen LogP contribution in [0, 0.1) is 0 Å². The zero-order valence-electron chi connectivity index (χ0n) is 3.33. The van der Waals surface area contributed by atoms with Crippen LogP contribution in [0.3, 0.4) is 0 Å². The summed E-state index contributed by atoms with van der Waals surface area (Å²) in [5.74, 6) is 4.61. The minimum atomic E-state index is 0.341. The van der Waals surface area contributed by atoms with Gasteiger partial charge in [-0.3, -0.25) is 0 Å². The largest absolute Gasteiger partial charge is 0.0758 e. The summed E-state index contributed by atoms with van der Waals surface area (Å²) < 4.78 is 0. The molecule has 0 bridgehead atoms. The van der Waals surface area contributed by atoms with E-state index in [1.165, 1.54) is 0 Å². The van der Waals surface area contributed by atoms with Gasteiger partial charge in [-0.25, -0.2) is 0 Å². The second-order valence-corrected chi connectivity index (χ2v) is 3.71. The van der Waals surface area contributed by atoms with Crippen molar-refractivity contribution in [2.75, 3.05) is 0 Å². The Morgan fingerprint density at radius 3 is 2.00 bits per heavy atom. The summed E-state index contributed by atoms with van der Waals surface area (Å²) in [7, 11) is 0.341. The first-order valence-corrected chi connectivity index (χ1v) is 3.66. The molecule has 0 aromatic carbocycles. The van der Waals surface area contributed by atoms with E-state index in [2.05, 4.69) is 23.8 Å². The molecule has 0 N–H and O–H groups in total. The van der Waals surface area contributed by atoms with Gasteiger partial charge >= 0.3 is 0 Å². The lowest BCUT2D eigenvalue weighted by molar-refractivity contribution is 1.71. The Labute approximate surface area is 38.3 Å². The number of allylic oxidation sites excluding steroid dienone is 2. The Bertz CT molecular complexity index is 95.9. The van der Waals surface area contributed by atoms with Gasteiger partial charge < -0.3 is 0 Å². The van der Waals surface area contributed by atoms with Gasteiger partial charge in [-0.05, 0) is 7.92 Å². The molecule has 1 aliphatic heterocycles. The third-order valence-electron chi connectivity index (χ3n) is 1.03. The van der Waals surface area contributed by atoms with Crippen LogP contribution < -0.4 is 0 Å². The normalized spacial score (nSPS) is 28.7. The van der Waals surface area contributed by atoms with Gasteiger partial charge in [-0.1, -0.05) is 23.8 Å². The van der Waals surface area contributed by atoms with Crippen LogP contribution in [0.2, 0.25) is 0 Å². The third-order valence-corrected chi connectivity index (χ3v) is 2.71. The smallest absolute Gasteiger partial charge is 0.0221 e. The maximum absolute atomic E-state index is 2.31. The van der Waals surface area contributed by atoms with Gasteiger partial charge in [0.25, 0.3) is 0 Å². The summed E-state index contributed by atoms with van der Waals surface area (Å²) in [6.07, 6.45) is 4.54. The molecular weight excluding hydrogens is 91.0 g/mol. The molecule has 1 aliphatic carbocycles. The molecule has 1 heterocycles. The van der Waals surface area contributed by atoms with E-state index in [0.29, 0.717) is 7.92 Å². The molecule has 2 rings (SSSR count). The van der Waals surface area contributed by atoms with Crippen LogP contribution in [-0.4, -0.2) is 5.66 Å². The third kappa shape index (κ3) is 0.337. The second kappa shape index (κ2) is 0.764. The average Bonchev–Trinajstić information content (AvgIpc) is 2.26. The van der Waals surface area contributed by atoms with Crippen molar-refractivity contribution in [2.24, 2.45) is 0 Å². The van der Waals surface area contributed by atoms with Crippen LogP contribution in [-0.2, 0) is 0 Å². The zero-order chi connectivity index (χ0) is 3.98. The average molecular weight is 96.1 g/mol. The highest BCUT2D eigenvalue weighted by molar-refractivity contribution is 7.72. The van der Waals surface area contributed by atoms with Crippen molar-refractivity contribution >= 4 is 7.92 Å². The van der Waals surface area contributed by atoms with E-state index in [4.69, 9.17) is 0 Å². The number of rotatable bonds is 1. The Hall–Kier alpha value is -0.0900. The molecule has 30 valence electrons. The fourth-order valence-corrected chi connectivity index (χ4v) is 1.69. The Morgan fingerprint density at radius 1 is 1.17 bits per heavy atom. The quantitative estimate of drug-likeness (QED) is 0.345. The maximum Gasteiger partial charge on any atom is 0.0221 e. The summed E-state index contributed by atoms with van der Waals surface area (Å²) in [6, 6.07) is 0. The van der Waals surface area contributed by atoms with Gasteiger partial charge in [0.15, 0.2) is 0 Å². The first-order chi connectivity index (χ1) is 2.97. The maximum atomic E-state index is 2.31. The molecule has 0 atom stereocenters. The summed E-state index contributed by atoms with van der Waals surface area (Å²) in [4.78, 5) is 0. The topological polar surface area (TPSA) is 0 Å². The van der Waals surface area contributed by atoms with E-state index < -0.39 is 0 Å². The zero-order valence-corrected chi connectivity index (χ0v) is 4.23. The lowest BCUT2D eigenvalue weighted by atomic mass is 10.9. The van der Waals surface area contributed by atoms with Crippen molar-refractivity contribution in [3.63, 3.8) is 0 Å². The molecule has 0 amide bonds. The van der Waals surface area contributed by atoms with Crippen molar-refractivity contribution in [2.45, 2.75) is 5.66 Å². The molecule has 2 aliphatic rings. The van der Waals surface area contributed by atoms with E-state index in [-0.39, 0.29) is 0 Å². The lowest BCUT2D eigenvalue weighted by Crippen LogP contribution is -1.61. The predicted octanol–water partition coefficient (Wildman–Crippen LogP) is 1.89. The van der Waals surface area contributed by atoms with Gasteiger partial charge in [0.2, 0.25) is 0 Å². The highest BCUT2D eigenvalue weighted by atomic mass is 31.1. The van der Waals surface area contributed by atoms with Crippen molar-refractivity contribution in [3.05, 3.63) is 23.8 Å². The lowest BCUT2D eigenvalue weighted by Gasteiger charge is -1.82. The number of hydrogen-bond acceptors (Lipinski definition) is 0. The van der Waals surface area contributed by atoms with Gasteiger partial charge in [0.1, 0.15) is 0 Å². The molecule has 6 heavy (non-hydrogen) atoms. The molecular formula is C5H5P. The first kappa shape index (κ1) is 2.98. The van der Waals surface area contributed by atoms with Crippen molar-refractivity contribution in [1.82, 2.24) is 0 Å². The SMILES string of the molecule is C1=CC1P1C=C1. The van der Waals surface area contributed by atoms with Gasteiger partial charge in [0.05, 0.1) is 0 Å². The second-order valence-electron chi connectivity index (χ2n) is 1.62. The molecule has 0 aromatic rings.